The highest BCUT2D eigenvalue weighted by Crippen LogP contribution is 2.27. The summed E-state index contributed by atoms with van der Waals surface area (Å²) in [4.78, 5) is 43.0. The molecule has 0 unspecified atom stereocenters. The van der Waals surface area contributed by atoms with Crippen molar-refractivity contribution in [3.05, 3.63) is 64.5 Å². The second-order valence-electron chi connectivity index (χ2n) is 10.7. The number of nitrogens with zero attached hydrogens (tertiary/aromatic N) is 3. The number of aryl methyl sites for hydroxylation is 2. The molecule has 0 radical (unpaired) electrons. The first kappa shape index (κ1) is 31.6. The molecular formula is C30H37ClN6O6. The molecule has 43 heavy (non-hydrogen) atoms. The minimum absolute atomic E-state index is 0.104. The minimum atomic E-state index is -0.487. The van der Waals surface area contributed by atoms with Crippen LogP contribution in [0.3, 0.4) is 0 Å². The maximum atomic E-state index is 13.6. The molecule has 3 atom stereocenters. The highest BCUT2D eigenvalue weighted by Gasteiger charge is 2.31. The number of amides is 5. The van der Waals surface area contributed by atoms with Gasteiger partial charge in [0.25, 0.3) is 5.91 Å². The molecule has 0 aliphatic carbocycles. The van der Waals surface area contributed by atoms with Gasteiger partial charge in [0.2, 0.25) is 0 Å². The number of ether oxygens (including phenoxy) is 2. The molecule has 5 amide bonds. The van der Waals surface area contributed by atoms with Gasteiger partial charge in [0.05, 0.1) is 17.7 Å². The van der Waals surface area contributed by atoms with Gasteiger partial charge in [0.15, 0.2) is 5.76 Å². The van der Waals surface area contributed by atoms with Crippen molar-refractivity contribution in [1.29, 1.82) is 0 Å². The fourth-order valence-corrected chi connectivity index (χ4v) is 4.93. The van der Waals surface area contributed by atoms with Gasteiger partial charge in [-0.25, -0.2) is 9.59 Å². The maximum absolute atomic E-state index is 13.6. The van der Waals surface area contributed by atoms with Crippen LogP contribution in [-0.2, 0) is 4.74 Å². The predicted octanol–water partition coefficient (Wildman–Crippen LogP) is 5.63. The Balaban J connectivity index is 1.59. The van der Waals surface area contributed by atoms with Crippen LogP contribution >= 0.6 is 11.6 Å². The Bertz CT molecular complexity index is 1440. The number of likely N-dealkylation sites (N-methyl/N-ethyl adjacent to an activating group) is 1. The Hall–Kier alpha value is -4.29. The summed E-state index contributed by atoms with van der Waals surface area (Å²) >= 11 is 5.92. The maximum Gasteiger partial charge on any atom is 0.323 e. The van der Waals surface area contributed by atoms with Crippen LogP contribution < -0.4 is 20.7 Å². The van der Waals surface area contributed by atoms with E-state index in [2.05, 4.69) is 21.1 Å². The van der Waals surface area contributed by atoms with E-state index in [-0.39, 0.29) is 48.7 Å². The summed E-state index contributed by atoms with van der Waals surface area (Å²) in [6, 6.07) is 10.3. The van der Waals surface area contributed by atoms with Crippen LogP contribution in [0.1, 0.15) is 35.7 Å². The van der Waals surface area contributed by atoms with Crippen LogP contribution in [-0.4, -0.2) is 78.9 Å². The van der Waals surface area contributed by atoms with Gasteiger partial charge in [-0.2, -0.15) is 0 Å². The molecule has 0 bridgehead atoms. The third-order valence-corrected chi connectivity index (χ3v) is 7.58. The molecule has 1 aliphatic heterocycles. The van der Waals surface area contributed by atoms with Crippen LogP contribution in [0.5, 0.6) is 5.75 Å². The van der Waals surface area contributed by atoms with E-state index in [1.165, 1.54) is 0 Å². The largest absolute Gasteiger partial charge is 0.491 e. The zero-order valence-corrected chi connectivity index (χ0v) is 25.8. The van der Waals surface area contributed by atoms with Gasteiger partial charge in [0, 0.05) is 49.6 Å². The van der Waals surface area contributed by atoms with E-state index in [0.29, 0.717) is 45.8 Å². The average Bonchev–Trinajstić information content (AvgIpc) is 3.29. The van der Waals surface area contributed by atoms with Gasteiger partial charge in [-0.05, 0) is 63.2 Å². The topological polar surface area (TPSA) is 138 Å². The number of halogens is 1. The van der Waals surface area contributed by atoms with Crippen LogP contribution in [0.15, 0.2) is 47.0 Å². The predicted molar refractivity (Wildman–Crippen MR) is 164 cm³/mol. The van der Waals surface area contributed by atoms with E-state index in [4.69, 9.17) is 25.6 Å². The van der Waals surface area contributed by atoms with E-state index in [1.54, 1.807) is 80.3 Å². The number of hydrogen-bond donors (Lipinski definition) is 3. The van der Waals surface area contributed by atoms with Crippen molar-refractivity contribution in [3.8, 4) is 5.75 Å². The zero-order chi connectivity index (χ0) is 31.3. The fraction of sp³-hybridized carbons (Fsp3) is 0.400. The summed E-state index contributed by atoms with van der Waals surface area (Å²) in [7, 11) is 3.26. The Kier molecular flexibility index (Phi) is 10.1. The lowest BCUT2D eigenvalue weighted by atomic mass is 10.0. The third-order valence-electron chi connectivity index (χ3n) is 7.33. The van der Waals surface area contributed by atoms with E-state index in [0.717, 1.165) is 0 Å². The summed E-state index contributed by atoms with van der Waals surface area (Å²) in [5.41, 5.74) is 2.31. The molecule has 3 N–H and O–H groups in total. The van der Waals surface area contributed by atoms with Crippen molar-refractivity contribution >= 4 is 46.6 Å². The number of hydrogen-bond acceptors (Lipinski definition) is 7. The molecule has 1 aromatic heterocycles. The number of fused-ring (bicyclic) bond motifs is 1. The molecule has 1 aliphatic rings. The first-order valence-electron chi connectivity index (χ1n) is 13.9. The lowest BCUT2D eigenvalue weighted by Crippen LogP contribution is -2.50. The van der Waals surface area contributed by atoms with Gasteiger partial charge < -0.3 is 39.7 Å². The summed E-state index contributed by atoms with van der Waals surface area (Å²) in [6.07, 6.45) is -0.370. The van der Waals surface area contributed by atoms with Crippen molar-refractivity contribution in [2.75, 3.05) is 49.8 Å². The standard InChI is InChI=1S/C30H37ClN6O6/c1-17-14-37(30(40)34-27-19(3)35-43-20(27)4)18(2)16-42-25-12-11-23(13-24(25)28(38)36(5)15-26(17)41-6)33-29(39)32-22-9-7-21(31)8-10-22/h7-13,17-18,26H,14-16H2,1-6H3,(H,34,40)(H2,32,33,39)/t17-,18-,26+/m0/s1. The van der Waals surface area contributed by atoms with Crippen LogP contribution in [0.4, 0.5) is 26.7 Å². The first-order valence-corrected chi connectivity index (χ1v) is 14.2. The van der Waals surface area contributed by atoms with Gasteiger partial charge in [0.1, 0.15) is 23.7 Å². The number of nitrogens with one attached hydrogen (secondary N) is 3. The third kappa shape index (κ3) is 7.76. The fourth-order valence-electron chi connectivity index (χ4n) is 4.80. The first-order chi connectivity index (χ1) is 20.5. The minimum Gasteiger partial charge on any atom is -0.491 e. The summed E-state index contributed by atoms with van der Waals surface area (Å²) in [6.45, 7) is 8.04. The highest BCUT2D eigenvalue weighted by molar-refractivity contribution is 6.30. The number of aromatic nitrogens is 1. The molecule has 12 nitrogen and oxygen atoms in total. The van der Waals surface area contributed by atoms with Gasteiger partial charge >= 0.3 is 12.1 Å². The van der Waals surface area contributed by atoms with Crippen molar-refractivity contribution in [2.24, 2.45) is 5.92 Å². The lowest BCUT2D eigenvalue weighted by molar-refractivity contribution is 0.0174. The van der Waals surface area contributed by atoms with Crippen LogP contribution in [0, 0.1) is 19.8 Å². The van der Waals surface area contributed by atoms with Crippen molar-refractivity contribution < 1.29 is 28.4 Å². The average molecular weight is 613 g/mol. The van der Waals surface area contributed by atoms with E-state index >= 15 is 0 Å². The Morgan fingerprint density at radius 1 is 1.02 bits per heavy atom. The molecular weight excluding hydrogens is 576 g/mol. The molecule has 13 heteroatoms. The van der Waals surface area contributed by atoms with Crippen molar-refractivity contribution in [2.45, 2.75) is 39.8 Å². The van der Waals surface area contributed by atoms with Crippen molar-refractivity contribution in [1.82, 2.24) is 15.0 Å². The van der Waals surface area contributed by atoms with Gasteiger partial charge in [-0.3, -0.25) is 4.79 Å². The molecule has 0 saturated carbocycles. The molecule has 0 fully saturated rings. The number of methoxy groups -OCH3 is 1. The summed E-state index contributed by atoms with van der Waals surface area (Å²) in [5, 5.41) is 12.9. The van der Waals surface area contributed by atoms with E-state index in [9.17, 15) is 14.4 Å². The molecule has 230 valence electrons. The molecule has 0 spiro atoms. The quantitative estimate of drug-likeness (QED) is 0.347. The van der Waals surface area contributed by atoms with Crippen LogP contribution in [0.2, 0.25) is 5.02 Å². The molecule has 3 aromatic rings. The summed E-state index contributed by atoms with van der Waals surface area (Å²) in [5.74, 6) is 0.391. The lowest BCUT2D eigenvalue weighted by Gasteiger charge is -2.36. The Morgan fingerprint density at radius 3 is 2.35 bits per heavy atom. The number of carbonyl (C=O) groups is 3. The molecule has 4 rings (SSSR count). The van der Waals surface area contributed by atoms with E-state index in [1.807, 2.05) is 13.8 Å². The number of benzene rings is 2. The Labute approximate surface area is 255 Å². The normalized spacial score (nSPS) is 19.4. The number of rotatable bonds is 4. The summed E-state index contributed by atoms with van der Waals surface area (Å²) < 4.78 is 17.1. The molecule has 2 heterocycles. The SMILES string of the molecule is CO[C@@H]1CN(C)C(=O)c2cc(NC(=O)Nc3ccc(Cl)cc3)ccc2OC[C@H](C)N(C(=O)Nc2c(C)noc2C)C[C@@H]1C. The Morgan fingerprint density at radius 2 is 1.70 bits per heavy atom. The smallest absolute Gasteiger partial charge is 0.323 e. The second-order valence-corrected chi connectivity index (χ2v) is 11.1. The van der Waals surface area contributed by atoms with Gasteiger partial charge in [-0.15, -0.1) is 0 Å². The molecule has 0 saturated heterocycles. The van der Waals surface area contributed by atoms with Gasteiger partial charge in [-0.1, -0.05) is 23.7 Å². The van der Waals surface area contributed by atoms with Crippen molar-refractivity contribution in [3.63, 3.8) is 0 Å². The number of anilines is 3. The monoisotopic (exact) mass is 612 g/mol. The number of carbonyl (C=O) groups excluding carboxylic acids is 3. The van der Waals surface area contributed by atoms with Crippen LogP contribution in [0.25, 0.3) is 0 Å². The second kappa shape index (κ2) is 13.8. The molecule has 2 aromatic carbocycles. The number of urea groups is 2. The highest BCUT2D eigenvalue weighted by atomic mass is 35.5. The van der Waals surface area contributed by atoms with E-state index < -0.39 is 6.03 Å². The zero-order valence-electron chi connectivity index (χ0n) is 25.1.